The van der Waals surface area contributed by atoms with Gasteiger partial charge in [-0.1, -0.05) is 6.92 Å². The Hall–Kier alpha value is -1.26. The van der Waals surface area contributed by atoms with Gasteiger partial charge in [-0.3, -0.25) is 0 Å². The highest BCUT2D eigenvalue weighted by molar-refractivity contribution is 5.45. The Balaban J connectivity index is 2.05. The Morgan fingerprint density at radius 2 is 2.26 bits per heavy atom. The first-order valence-electron chi connectivity index (χ1n) is 6.96. The van der Waals surface area contributed by atoms with Crippen molar-refractivity contribution in [3.05, 3.63) is 23.8 Å². The van der Waals surface area contributed by atoms with E-state index < -0.39 is 6.10 Å². The second-order valence-corrected chi connectivity index (χ2v) is 5.08. The maximum atomic E-state index is 9.45. The zero-order valence-electron chi connectivity index (χ0n) is 11.8. The van der Waals surface area contributed by atoms with E-state index in [1.54, 1.807) is 6.92 Å². The third kappa shape index (κ3) is 3.39. The molecule has 2 N–H and O–H groups in total. The molecule has 19 heavy (non-hydrogen) atoms. The third-order valence-electron chi connectivity index (χ3n) is 3.41. The van der Waals surface area contributed by atoms with Crippen LogP contribution >= 0.6 is 0 Å². The van der Waals surface area contributed by atoms with Crippen molar-refractivity contribution in [2.45, 2.75) is 45.4 Å². The van der Waals surface area contributed by atoms with Crippen LogP contribution in [0.15, 0.2) is 18.2 Å². The lowest BCUT2D eigenvalue weighted by Gasteiger charge is -2.17. The SMILES string of the molecule is CCCNC1COc2cc(OC(C)C(C)O)ccc21. The average Bonchev–Trinajstić information content (AvgIpc) is 2.78. The summed E-state index contributed by atoms with van der Waals surface area (Å²) in [5, 5.41) is 12.9. The molecule has 1 aliphatic rings. The Bertz CT molecular complexity index is 420. The predicted octanol–water partition coefficient (Wildman–Crippen LogP) is 2.27. The average molecular weight is 265 g/mol. The van der Waals surface area contributed by atoms with Crippen molar-refractivity contribution >= 4 is 0 Å². The maximum absolute atomic E-state index is 9.45. The molecule has 0 amide bonds. The van der Waals surface area contributed by atoms with Crippen molar-refractivity contribution in [3.8, 4) is 11.5 Å². The maximum Gasteiger partial charge on any atom is 0.128 e. The van der Waals surface area contributed by atoms with Crippen LogP contribution < -0.4 is 14.8 Å². The van der Waals surface area contributed by atoms with Crippen LogP contribution in [0.3, 0.4) is 0 Å². The Morgan fingerprint density at radius 3 is 2.95 bits per heavy atom. The topological polar surface area (TPSA) is 50.7 Å². The molecule has 0 radical (unpaired) electrons. The minimum Gasteiger partial charge on any atom is -0.491 e. The van der Waals surface area contributed by atoms with E-state index in [4.69, 9.17) is 9.47 Å². The lowest BCUT2D eigenvalue weighted by molar-refractivity contribution is 0.0603. The summed E-state index contributed by atoms with van der Waals surface area (Å²) in [6.07, 6.45) is 0.389. The summed E-state index contributed by atoms with van der Waals surface area (Å²) in [6, 6.07) is 6.16. The number of hydrogen-bond acceptors (Lipinski definition) is 4. The standard InChI is InChI=1S/C15H23NO3/c1-4-7-16-14-9-18-15-8-12(5-6-13(14)15)19-11(3)10(2)17/h5-6,8,10-11,14,16-17H,4,7,9H2,1-3H3. The molecule has 0 spiro atoms. The monoisotopic (exact) mass is 265 g/mol. The molecular formula is C15H23NO3. The van der Waals surface area contributed by atoms with Gasteiger partial charge in [-0.05, 0) is 38.9 Å². The number of ether oxygens (including phenoxy) is 2. The van der Waals surface area contributed by atoms with Gasteiger partial charge in [-0.25, -0.2) is 0 Å². The summed E-state index contributed by atoms with van der Waals surface area (Å²) >= 11 is 0. The van der Waals surface area contributed by atoms with Crippen LogP contribution in [-0.4, -0.2) is 30.5 Å². The van der Waals surface area contributed by atoms with Crippen LogP contribution in [0.1, 0.15) is 38.8 Å². The lowest BCUT2D eigenvalue weighted by Crippen LogP contribution is -2.25. The quantitative estimate of drug-likeness (QED) is 0.828. The molecule has 1 aliphatic heterocycles. The molecule has 1 aromatic carbocycles. The van der Waals surface area contributed by atoms with E-state index >= 15 is 0 Å². The second kappa shape index (κ2) is 6.26. The van der Waals surface area contributed by atoms with Crippen molar-refractivity contribution in [2.75, 3.05) is 13.2 Å². The van der Waals surface area contributed by atoms with Gasteiger partial charge in [-0.15, -0.1) is 0 Å². The molecule has 0 saturated heterocycles. The number of rotatable bonds is 6. The fourth-order valence-corrected chi connectivity index (χ4v) is 2.06. The molecule has 106 valence electrons. The van der Waals surface area contributed by atoms with Crippen molar-refractivity contribution in [1.29, 1.82) is 0 Å². The zero-order chi connectivity index (χ0) is 13.8. The highest BCUT2D eigenvalue weighted by atomic mass is 16.5. The first-order chi connectivity index (χ1) is 9.11. The van der Waals surface area contributed by atoms with Crippen LogP contribution in [-0.2, 0) is 0 Å². The highest BCUT2D eigenvalue weighted by Crippen LogP contribution is 2.35. The highest BCUT2D eigenvalue weighted by Gasteiger charge is 2.24. The molecule has 0 aliphatic carbocycles. The third-order valence-corrected chi connectivity index (χ3v) is 3.41. The van der Waals surface area contributed by atoms with Gasteiger partial charge < -0.3 is 19.9 Å². The van der Waals surface area contributed by atoms with Crippen LogP contribution in [0, 0.1) is 0 Å². The van der Waals surface area contributed by atoms with Crippen molar-refractivity contribution in [2.24, 2.45) is 0 Å². The summed E-state index contributed by atoms with van der Waals surface area (Å²) in [6.45, 7) is 7.39. The molecule has 1 heterocycles. The van der Waals surface area contributed by atoms with E-state index in [0.29, 0.717) is 6.61 Å². The fraction of sp³-hybridized carbons (Fsp3) is 0.600. The molecule has 0 bridgehead atoms. The van der Waals surface area contributed by atoms with Gasteiger partial charge in [0.2, 0.25) is 0 Å². The Morgan fingerprint density at radius 1 is 1.47 bits per heavy atom. The molecule has 2 rings (SSSR count). The number of benzene rings is 1. The van der Waals surface area contributed by atoms with Crippen molar-refractivity contribution in [1.82, 2.24) is 5.32 Å². The van der Waals surface area contributed by atoms with Gasteiger partial charge in [0.05, 0.1) is 12.1 Å². The molecule has 0 saturated carbocycles. The predicted molar refractivity (Wildman–Crippen MR) is 74.7 cm³/mol. The Labute approximate surface area is 114 Å². The molecule has 0 fully saturated rings. The van der Waals surface area contributed by atoms with Crippen LogP contribution in [0.2, 0.25) is 0 Å². The van der Waals surface area contributed by atoms with Gasteiger partial charge in [0.1, 0.15) is 24.2 Å². The molecule has 4 nitrogen and oxygen atoms in total. The van der Waals surface area contributed by atoms with E-state index in [2.05, 4.69) is 12.2 Å². The number of fused-ring (bicyclic) bond motifs is 1. The molecule has 0 aromatic heterocycles. The summed E-state index contributed by atoms with van der Waals surface area (Å²) in [5.41, 5.74) is 1.19. The first-order valence-corrected chi connectivity index (χ1v) is 6.96. The molecule has 3 atom stereocenters. The van der Waals surface area contributed by atoms with Gasteiger partial charge in [0.15, 0.2) is 0 Å². The van der Waals surface area contributed by atoms with Gasteiger partial charge in [0, 0.05) is 11.6 Å². The molecule has 1 aromatic rings. The van der Waals surface area contributed by atoms with Gasteiger partial charge in [-0.2, -0.15) is 0 Å². The summed E-state index contributed by atoms with van der Waals surface area (Å²) in [4.78, 5) is 0. The largest absolute Gasteiger partial charge is 0.491 e. The summed E-state index contributed by atoms with van der Waals surface area (Å²) in [5.74, 6) is 1.62. The Kier molecular flexibility index (Phi) is 4.66. The van der Waals surface area contributed by atoms with Gasteiger partial charge in [0.25, 0.3) is 0 Å². The molecular weight excluding hydrogens is 242 g/mol. The minimum atomic E-state index is -0.492. The molecule has 4 heteroatoms. The van der Waals surface area contributed by atoms with E-state index in [-0.39, 0.29) is 12.1 Å². The smallest absolute Gasteiger partial charge is 0.128 e. The van der Waals surface area contributed by atoms with Crippen LogP contribution in [0.25, 0.3) is 0 Å². The van der Waals surface area contributed by atoms with E-state index in [0.717, 1.165) is 24.5 Å². The number of aliphatic hydroxyl groups excluding tert-OH is 1. The van der Waals surface area contributed by atoms with Crippen LogP contribution in [0.5, 0.6) is 11.5 Å². The summed E-state index contributed by atoms with van der Waals surface area (Å²) in [7, 11) is 0. The molecule has 3 unspecified atom stereocenters. The lowest BCUT2D eigenvalue weighted by atomic mass is 10.1. The van der Waals surface area contributed by atoms with Crippen molar-refractivity contribution < 1.29 is 14.6 Å². The number of hydrogen-bond donors (Lipinski definition) is 2. The first kappa shape index (κ1) is 14.2. The van der Waals surface area contributed by atoms with E-state index in [9.17, 15) is 5.11 Å². The van der Waals surface area contributed by atoms with Gasteiger partial charge >= 0.3 is 0 Å². The zero-order valence-corrected chi connectivity index (χ0v) is 11.8. The summed E-state index contributed by atoms with van der Waals surface area (Å²) < 4.78 is 11.4. The minimum absolute atomic E-state index is 0.228. The number of nitrogens with one attached hydrogen (secondary N) is 1. The normalized spacial score (nSPS) is 20.5. The van der Waals surface area contributed by atoms with E-state index in [1.807, 2.05) is 25.1 Å². The number of aliphatic hydroxyl groups is 1. The second-order valence-electron chi connectivity index (χ2n) is 5.08. The van der Waals surface area contributed by atoms with Crippen molar-refractivity contribution in [3.63, 3.8) is 0 Å². The van der Waals surface area contributed by atoms with E-state index in [1.165, 1.54) is 5.56 Å². The fourth-order valence-electron chi connectivity index (χ4n) is 2.06. The van der Waals surface area contributed by atoms with Crippen LogP contribution in [0.4, 0.5) is 0 Å².